The van der Waals surface area contributed by atoms with E-state index in [1.807, 2.05) is 0 Å². The Morgan fingerprint density at radius 1 is 0.667 bits per heavy atom. The van der Waals surface area contributed by atoms with Crippen molar-refractivity contribution in [2.45, 2.75) is 48.3 Å². The zero-order chi connectivity index (χ0) is 5.64. The Hall–Kier alpha value is 0.430. The van der Waals surface area contributed by atoms with Gasteiger partial charge in [-0.15, -0.1) is 0 Å². The fourth-order valence-corrected chi connectivity index (χ4v) is 11.3. The predicted octanol–water partition coefficient (Wildman–Crippen LogP) is 2.09. The molecule has 0 aromatic heterocycles. The second-order valence-corrected chi connectivity index (χ2v) is 9.16. The molecule has 0 aromatic rings. The van der Waals surface area contributed by atoms with Crippen LogP contribution in [0.2, 0.25) is 0 Å². The van der Waals surface area contributed by atoms with Gasteiger partial charge < -0.3 is 0 Å². The Morgan fingerprint density at radius 2 is 1.00 bits per heavy atom. The van der Waals surface area contributed by atoms with E-state index in [4.69, 9.17) is 0 Å². The van der Waals surface area contributed by atoms with Gasteiger partial charge in [0.2, 0.25) is 0 Å². The van der Waals surface area contributed by atoms with E-state index in [-0.39, 0.29) is 7.26 Å². The molecular weight excluding hydrogens is 127 g/mol. The third-order valence-corrected chi connectivity index (χ3v) is 11.5. The van der Waals surface area contributed by atoms with E-state index in [1.54, 1.807) is 25.7 Å². The minimum absolute atomic E-state index is 0.0309. The smallest absolute Gasteiger partial charge is 0.0207 e. The van der Waals surface area contributed by atoms with Gasteiger partial charge in [-0.3, -0.25) is 0 Å². The summed E-state index contributed by atoms with van der Waals surface area (Å²) >= 11 is 0. The molecule has 4 aliphatic rings. The molecule has 0 bridgehead atoms. The summed E-state index contributed by atoms with van der Waals surface area (Å²) in [6.45, 7) is 0. The lowest BCUT2D eigenvalue weighted by molar-refractivity contribution is 0.307. The van der Waals surface area contributed by atoms with Gasteiger partial charge >= 0.3 is 0 Å². The lowest BCUT2D eigenvalue weighted by Crippen LogP contribution is -2.72. The highest BCUT2D eigenvalue weighted by atomic mass is 31.2. The molecule has 0 atom stereocenters. The zero-order valence-corrected chi connectivity index (χ0v) is 6.48. The van der Waals surface area contributed by atoms with Crippen LogP contribution in [0.15, 0.2) is 0 Å². The first-order valence-corrected chi connectivity index (χ1v) is 6.36. The van der Waals surface area contributed by atoms with E-state index in [1.165, 1.54) is 22.6 Å². The molecule has 0 nitrogen and oxygen atoms in total. The van der Waals surface area contributed by atoms with Crippen LogP contribution in [0.1, 0.15) is 25.7 Å². The second-order valence-electron chi connectivity index (χ2n) is 4.45. The monoisotopic (exact) mass is 139 g/mol. The second kappa shape index (κ2) is 0.925. The first-order valence-electron chi connectivity index (χ1n) is 4.30. The highest BCUT2D eigenvalue weighted by Crippen LogP contribution is 3.03. The third-order valence-electron chi connectivity index (χ3n) is 4.71. The molecular formula is C8H12P+. The summed E-state index contributed by atoms with van der Waals surface area (Å²) in [6, 6.07) is 0. The van der Waals surface area contributed by atoms with E-state index in [0.717, 1.165) is 0 Å². The third kappa shape index (κ3) is 0.213. The summed E-state index contributed by atoms with van der Waals surface area (Å²) in [7, 11) is -0.0309. The minimum atomic E-state index is -0.0309. The Kier molecular flexibility index (Phi) is 0.446. The summed E-state index contributed by atoms with van der Waals surface area (Å²) < 4.78 is 0. The molecule has 4 rings (SSSR count). The Balaban J connectivity index is 1.88. The molecule has 1 spiro atoms. The van der Waals surface area contributed by atoms with Gasteiger partial charge in [0, 0.05) is 32.9 Å². The molecule has 0 amide bonds. The number of hydrogen-bond acceptors (Lipinski definition) is 0. The van der Waals surface area contributed by atoms with Crippen LogP contribution < -0.4 is 0 Å². The molecule has 4 heterocycles. The van der Waals surface area contributed by atoms with Gasteiger partial charge in [-0.05, 0) is 0 Å². The molecule has 0 unspecified atom stereocenters. The summed E-state index contributed by atoms with van der Waals surface area (Å²) in [5.74, 6) is 0. The number of hydrogen-bond donors (Lipinski definition) is 0. The Bertz CT molecular complexity index is 145. The van der Waals surface area contributed by atoms with Gasteiger partial charge in [-0.25, -0.2) is 0 Å². The van der Waals surface area contributed by atoms with Crippen LogP contribution in [0, 0.1) is 0 Å². The van der Waals surface area contributed by atoms with Gasteiger partial charge in [0.25, 0.3) is 0 Å². The number of rotatable bonds is 0. The lowest BCUT2D eigenvalue weighted by atomic mass is 9.91. The van der Waals surface area contributed by atoms with E-state index in [9.17, 15) is 0 Å². The SMILES string of the molecule is C1C2CC3CC4CC1[P+]234. The topological polar surface area (TPSA) is 0 Å². The van der Waals surface area contributed by atoms with Gasteiger partial charge in [0.1, 0.15) is 0 Å². The van der Waals surface area contributed by atoms with Gasteiger partial charge in [0.05, 0.1) is 22.6 Å². The first kappa shape index (κ1) is 4.34. The average molecular weight is 139 g/mol. The summed E-state index contributed by atoms with van der Waals surface area (Å²) in [5.41, 5.74) is 5.44. The molecule has 48 valence electrons. The van der Waals surface area contributed by atoms with Crippen LogP contribution in [0.25, 0.3) is 0 Å². The largest absolute Gasteiger partial charge is 0.0780 e. The van der Waals surface area contributed by atoms with Crippen LogP contribution in [-0.4, -0.2) is 22.6 Å². The minimum Gasteiger partial charge on any atom is 0.0207 e. The van der Waals surface area contributed by atoms with Crippen LogP contribution in [-0.2, 0) is 0 Å². The molecule has 0 aromatic carbocycles. The summed E-state index contributed by atoms with van der Waals surface area (Å²) in [6.07, 6.45) is 6.73. The van der Waals surface area contributed by atoms with Crippen molar-refractivity contribution in [1.82, 2.24) is 0 Å². The first-order chi connectivity index (χ1) is 4.42. The summed E-state index contributed by atoms with van der Waals surface area (Å²) in [5, 5.41) is 0. The molecule has 0 radical (unpaired) electrons. The van der Waals surface area contributed by atoms with Crippen LogP contribution >= 0.6 is 7.26 Å². The van der Waals surface area contributed by atoms with Crippen molar-refractivity contribution < 1.29 is 0 Å². The molecule has 0 aliphatic carbocycles. The van der Waals surface area contributed by atoms with Crippen LogP contribution in [0.4, 0.5) is 0 Å². The van der Waals surface area contributed by atoms with E-state index in [0.29, 0.717) is 0 Å². The Labute approximate surface area is 56.4 Å². The lowest BCUT2D eigenvalue weighted by Gasteiger charge is -2.78. The maximum Gasteiger partial charge on any atom is 0.0780 e. The fourth-order valence-electron chi connectivity index (χ4n) is 4.34. The van der Waals surface area contributed by atoms with Crippen molar-refractivity contribution in [2.75, 3.05) is 0 Å². The van der Waals surface area contributed by atoms with Gasteiger partial charge in [-0.2, -0.15) is 0 Å². The summed E-state index contributed by atoms with van der Waals surface area (Å²) in [4.78, 5) is 0. The van der Waals surface area contributed by atoms with E-state index >= 15 is 0 Å². The van der Waals surface area contributed by atoms with Crippen molar-refractivity contribution >= 4 is 7.26 Å². The van der Waals surface area contributed by atoms with Crippen LogP contribution in [0.3, 0.4) is 0 Å². The molecule has 0 N–H and O–H groups in total. The maximum atomic E-state index is 1.68. The van der Waals surface area contributed by atoms with Crippen molar-refractivity contribution in [2.24, 2.45) is 0 Å². The Morgan fingerprint density at radius 3 is 1.11 bits per heavy atom. The molecule has 4 fully saturated rings. The molecule has 1 heteroatoms. The van der Waals surface area contributed by atoms with E-state index < -0.39 is 0 Å². The average Bonchev–Trinajstić information content (AvgIpc) is 1.54. The fraction of sp³-hybridized carbons (Fsp3) is 1.00. The molecule has 9 heavy (non-hydrogen) atoms. The quantitative estimate of drug-likeness (QED) is 0.451. The van der Waals surface area contributed by atoms with Gasteiger partial charge in [-0.1, -0.05) is 0 Å². The zero-order valence-electron chi connectivity index (χ0n) is 5.59. The highest BCUT2D eigenvalue weighted by molar-refractivity contribution is 7.84. The van der Waals surface area contributed by atoms with Crippen molar-refractivity contribution in [1.29, 1.82) is 0 Å². The molecule has 4 saturated heterocycles. The molecule has 4 aliphatic heterocycles. The maximum absolute atomic E-state index is 1.68. The van der Waals surface area contributed by atoms with Crippen molar-refractivity contribution in [3.05, 3.63) is 0 Å². The van der Waals surface area contributed by atoms with Crippen molar-refractivity contribution in [3.8, 4) is 0 Å². The van der Waals surface area contributed by atoms with E-state index in [2.05, 4.69) is 0 Å². The van der Waals surface area contributed by atoms with Gasteiger partial charge in [0.15, 0.2) is 0 Å². The van der Waals surface area contributed by atoms with Crippen molar-refractivity contribution in [3.63, 3.8) is 0 Å². The highest BCUT2D eigenvalue weighted by Gasteiger charge is 2.88. The predicted molar refractivity (Wildman–Crippen MR) is 40.5 cm³/mol. The normalized spacial score (nSPS) is 80.0. The molecule has 0 saturated carbocycles. The standard InChI is InChI=1S/C8H12P/c1-5-2-7-4-8-3-6(1)9(5,7)8/h5-8H,1-4H2/q+1. The van der Waals surface area contributed by atoms with Crippen LogP contribution in [0.5, 0.6) is 0 Å².